The molecule has 4 rings (SSSR count). The number of hydrogen-bond acceptors (Lipinski definition) is 4. The summed E-state index contributed by atoms with van der Waals surface area (Å²) < 4.78 is 27.0. The van der Waals surface area contributed by atoms with Gasteiger partial charge in [-0.1, -0.05) is 18.2 Å². The van der Waals surface area contributed by atoms with Gasteiger partial charge in [0.05, 0.1) is 13.7 Å². The molecule has 0 aliphatic heterocycles. The van der Waals surface area contributed by atoms with E-state index in [0.29, 0.717) is 37.0 Å². The SMILES string of the molecule is COc1ccc(OC[C@@H](O)CN(Cc2cccn2Cc2ccccc2F)C2CC2)cc1. The second-order valence-corrected chi connectivity index (χ2v) is 8.02. The number of ether oxygens (including phenoxy) is 2. The van der Waals surface area contributed by atoms with Gasteiger partial charge in [0.15, 0.2) is 0 Å². The van der Waals surface area contributed by atoms with E-state index < -0.39 is 6.10 Å². The van der Waals surface area contributed by atoms with Crippen LogP contribution in [0.15, 0.2) is 66.9 Å². The molecule has 1 aromatic heterocycles. The molecule has 164 valence electrons. The molecule has 31 heavy (non-hydrogen) atoms. The number of aliphatic hydroxyl groups excluding tert-OH is 1. The van der Waals surface area contributed by atoms with Crippen molar-refractivity contribution in [3.8, 4) is 11.5 Å². The van der Waals surface area contributed by atoms with Crippen molar-refractivity contribution in [2.75, 3.05) is 20.3 Å². The average Bonchev–Trinajstić information content (AvgIpc) is 3.55. The number of benzene rings is 2. The second kappa shape index (κ2) is 9.98. The van der Waals surface area contributed by atoms with Gasteiger partial charge in [-0.3, -0.25) is 4.90 Å². The lowest BCUT2D eigenvalue weighted by Crippen LogP contribution is -2.37. The van der Waals surface area contributed by atoms with Gasteiger partial charge >= 0.3 is 0 Å². The van der Waals surface area contributed by atoms with Gasteiger partial charge in [0.25, 0.3) is 0 Å². The first-order valence-electron chi connectivity index (χ1n) is 10.7. The van der Waals surface area contributed by atoms with Gasteiger partial charge in [-0.2, -0.15) is 0 Å². The molecule has 1 aliphatic carbocycles. The van der Waals surface area contributed by atoms with Gasteiger partial charge in [0.1, 0.15) is 30.0 Å². The lowest BCUT2D eigenvalue weighted by molar-refractivity contribution is 0.0618. The largest absolute Gasteiger partial charge is 0.497 e. The van der Waals surface area contributed by atoms with Crippen molar-refractivity contribution >= 4 is 0 Å². The highest BCUT2D eigenvalue weighted by atomic mass is 19.1. The first-order valence-corrected chi connectivity index (χ1v) is 10.7. The number of nitrogens with zero attached hydrogens (tertiary/aromatic N) is 2. The van der Waals surface area contributed by atoms with E-state index in [1.165, 1.54) is 6.07 Å². The summed E-state index contributed by atoms with van der Waals surface area (Å²) in [6, 6.07) is 18.8. The molecule has 2 aromatic carbocycles. The van der Waals surface area contributed by atoms with Crippen molar-refractivity contribution in [3.05, 3.63) is 83.9 Å². The van der Waals surface area contributed by atoms with E-state index in [1.807, 2.05) is 48.7 Å². The molecule has 1 fully saturated rings. The lowest BCUT2D eigenvalue weighted by Gasteiger charge is -2.25. The Labute approximate surface area is 182 Å². The molecule has 0 unspecified atom stereocenters. The van der Waals surface area contributed by atoms with Crippen LogP contribution in [-0.4, -0.2) is 47.0 Å². The predicted molar refractivity (Wildman–Crippen MR) is 118 cm³/mol. The minimum Gasteiger partial charge on any atom is -0.497 e. The van der Waals surface area contributed by atoms with Crippen LogP contribution in [0.25, 0.3) is 0 Å². The summed E-state index contributed by atoms with van der Waals surface area (Å²) in [6.07, 6.45) is 3.66. The van der Waals surface area contributed by atoms with Crippen molar-refractivity contribution in [1.29, 1.82) is 0 Å². The number of halogens is 1. The van der Waals surface area contributed by atoms with Crippen molar-refractivity contribution in [2.45, 2.75) is 38.1 Å². The Morgan fingerprint density at radius 3 is 2.52 bits per heavy atom. The Morgan fingerprint density at radius 1 is 1.06 bits per heavy atom. The number of aliphatic hydroxyl groups is 1. The third-order valence-electron chi connectivity index (χ3n) is 5.60. The third-order valence-corrected chi connectivity index (χ3v) is 5.60. The lowest BCUT2D eigenvalue weighted by atomic mass is 10.2. The first-order chi connectivity index (χ1) is 15.1. The summed E-state index contributed by atoms with van der Waals surface area (Å²) in [5, 5.41) is 10.6. The van der Waals surface area contributed by atoms with Crippen LogP contribution >= 0.6 is 0 Å². The van der Waals surface area contributed by atoms with Crippen LogP contribution in [0.4, 0.5) is 4.39 Å². The zero-order chi connectivity index (χ0) is 21.6. The van der Waals surface area contributed by atoms with Crippen LogP contribution in [0, 0.1) is 5.82 Å². The summed E-state index contributed by atoms with van der Waals surface area (Å²) in [4.78, 5) is 2.30. The first kappa shape index (κ1) is 21.4. The molecule has 1 aliphatic rings. The Balaban J connectivity index is 1.34. The van der Waals surface area contributed by atoms with E-state index in [9.17, 15) is 9.50 Å². The Hall–Kier alpha value is -2.83. The Kier molecular flexibility index (Phi) is 6.89. The maximum atomic E-state index is 14.1. The maximum Gasteiger partial charge on any atom is 0.128 e. The highest BCUT2D eigenvalue weighted by Crippen LogP contribution is 2.29. The molecule has 1 saturated carbocycles. The molecule has 1 N–H and O–H groups in total. The van der Waals surface area contributed by atoms with Gasteiger partial charge in [-0.15, -0.1) is 0 Å². The quantitative estimate of drug-likeness (QED) is 0.504. The fraction of sp³-hybridized carbons (Fsp3) is 0.360. The normalized spacial score (nSPS) is 14.6. The molecule has 0 amide bonds. The van der Waals surface area contributed by atoms with Gasteiger partial charge in [-0.25, -0.2) is 4.39 Å². The minimum absolute atomic E-state index is 0.188. The van der Waals surface area contributed by atoms with Gasteiger partial charge in [0, 0.05) is 36.6 Å². The van der Waals surface area contributed by atoms with Gasteiger partial charge in [-0.05, 0) is 55.3 Å². The second-order valence-electron chi connectivity index (χ2n) is 8.02. The summed E-state index contributed by atoms with van der Waals surface area (Å²) in [5.41, 5.74) is 1.78. The van der Waals surface area contributed by atoms with E-state index in [1.54, 1.807) is 13.2 Å². The minimum atomic E-state index is -0.599. The fourth-order valence-electron chi connectivity index (χ4n) is 3.74. The van der Waals surface area contributed by atoms with Gasteiger partial charge in [0.2, 0.25) is 0 Å². The van der Waals surface area contributed by atoms with E-state index in [2.05, 4.69) is 15.5 Å². The molecule has 0 spiro atoms. The Bertz CT molecular complexity index is 969. The summed E-state index contributed by atoms with van der Waals surface area (Å²) in [5.74, 6) is 1.29. The smallest absolute Gasteiger partial charge is 0.128 e. The zero-order valence-corrected chi connectivity index (χ0v) is 17.8. The number of methoxy groups -OCH3 is 1. The van der Waals surface area contributed by atoms with E-state index >= 15 is 0 Å². The van der Waals surface area contributed by atoms with Crippen LogP contribution in [-0.2, 0) is 13.1 Å². The summed E-state index contributed by atoms with van der Waals surface area (Å²) in [6.45, 7) is 1.97. The van der Waals surface area contributed by atoms with E-state index in [-0.39, 0.29) is 12.4 Å². The van der Waals surface area contributed by atoms with Gasteiger partial charge < -0.3 is 19.1 Å². The van der Waals surface area contributed by atoms with Crippen LogP contribution in [0.2, 0.25) is 0 Å². The Morgan fingerprint density at radius 2 is 1.81 bits per heavy atom. The van der Waals surface area contributed by atoms with Crippen molar-refractivity contribution in [1.82, 2.24) is 9.47 Å². The van der Waals surface area contributed by atoms with Crippen molar-refractivity contribution < 1.29 is 19.0 Å². The van der Waals surface area contributed by atoms with E-state index in [0.717, 1.165) is 24.3 Å². The number of rotatable bonds is 11. The van der Waals surface area contributed by atoms with Crippen LogP contribution in [0.5, 0.6) is 11.5 Å². The van der Waals surface area contributed by atoms with Crippen molar-refractivity contribution in [3.63, 3.8) is 0 Å². The predicted octanol–water partition coefficient (Wildman–Crippen LogP) is 4.09. The molecular weight excluding hydrogens is 395 g/mol. The van der Waals surface area contributed by atoms with Crippen molar-refractivity contribution in [2.24, 2.45) is 0 Å². The van der Waals surface area contributed by atoms with Crippen LogP contribution in [0.1, 0.15) is 24.1 Å². The highest BCUT2D eigenvalue weighted by molar-refractivity contribution is 5.31. The molecule has 5 nitrogen and oxygen atoms in total. The molecule has 0 radical (unpaired) electrons. The van der Waals surface area contributed by atoms with E-state index in [4.69, 9.17) is 9.47 Å². The number of hydrogen-bond donors (Lipinski definition) is 1. The fourth-order valence-corrected chi connectivity index (χ4v) is 3.74. The maximum absolute atomic E-state index is 14.1. The molecular formula is C25H29FN2O3. The highest BCUT2D eigenvalue weighted by Gasteiger charge is 2.31. The van der Waals surface area contributed by atoms with Crippen LogP contribution in [0.3, 0.4) is 0 Å². The molecule has 1 heterocycles. The summed E-state index contributed by atoms with van der Waals surface area (Å²) >= 11 is 0. The monoisotopic (exact) mass is 424 g/mol. The molecule has 6 heteroatoms. The molecule has 3 aromatic rings. The zero-order valence-electron chi connectivity index (χ0n) is 17.8. The standard InChI is InChI=1S/C25H29FN2O3/c1-30-23-10-12-24(13-11-23)31-18-22(29)17-28(20-8-9-20)16-21-6-4-14-27(21)15-19-5-2-3-7-25(19)26/h2-7,10-14,20,22,29H,8-9,15-18H2,1H3/t22-/m0/s1. The topological polar surface area (TPSA) is 46.9 Å². The number of aromatic nitrogens is 1. The molecule has 1 atom stereocenters. The molecule has 0 saturated heterocycles. The summed E-state index contributed by atoms with van der Waals surface area (Å²) in [7, 11) is 1.62. The third kappa shape index (κ3) is 5.87. The molecule has 0 bridgehead atoms. The average molecular weight is 425 g/mol. The van der Waals surface area contributed by atoms with Crippen LogP contribution < -0.4 is 9.47 Å².